The summed E-state index contributed by atoms with van der Waals surface area (Å²) in [5, 5.41) is 0. The summed E-state index contributed by atoms with van der Waals surface area (Å²) in [7, 11) is 0. The van der Waals surface area contributed by atoms with Gasteiger partial charge in [0.15, 0.2) is 5.82 Å². The second kappa shape index (κ2) is 8.88. The van der Waals surface area contributed by atoms with Crippen molar-refractivity contribution in [1.29, 1.82) is 0 Å². The van der Waals surface area contributed by atoms with E-state index in [-0.39, 0.29) is 23.7 Å². The first-order valence-electron chi connectivity index (χ1n) is 11.9. The van der Waals surface area contributed by atoms with Crippen molar-refractivity contribution >= 4 is 17.6 Å². The van der Waals surface area contributed by atoms with Crippen molar-refractivity contribution in [3.63, 3.8) is 0 Å². The number of benzene rings is 1. The van der Waals surface area contributed by atoms with Crippen molar-refractivity contribution in [1.82, 2.24) is 14.9 Å². The van der Waals surface area contributed by atoms with Crippen LogP contribution in [-0.2, 0) is 22.4 Å². The number of nitrogens with two attached hydrogens (primary N) is 1. The van der Waals surface area contributed by atoms with E-state index in [4.69, 9.17) is 15.7 Å². The highest BCUT2D eigenvalue weighted by molar-refractivity contribution is 5.81. The van der Waals surface area contributed by atoms with Crippen molar-refractivity contribution in [2.45, 2.75) is 44.9 Å². The van der Waals surface area contributed by atoms with Crippen LogP contribution in [-0.4, -0.2) is 52.9 Å². The molecule has 3 aliphatic rings. The lowest BCUT2D eigenvalue weighted by Gasteiger charge is -2.38. The van der Waals surface area contributed by atoms with E-state index in [9.17, 15) is 9.59 Å². The van der Waals surface area contributed by atoms with Crippen molar-refractivity contribution in [2.75, 3.05) is 31.1 Å². The lowest BCUT2D eigenvalue weighted by molar-refractivity contribution is -0.138. The standard InChI is InChI=1S/C25H31N5O2/c26-22(31)17-11-14-29(15-12-17)25(32)19-8-5-13-30(16-19)24-20-9-4-10-21(20)27-23(28-24)18-6-2-1-3-7-18/h1-3,6-7,17,19H,4-5,8-16H2,(H2,26,31)/t19-/m1/s1. The van der Waals surface area contributed by atoms with Gasteiger partial charge in [-0.25, -0.2) is 9.97 Å². The predicted molar refractivity (Wildman–Crippen MR) is 123 cm³/mol. The average Bonchev–Trinajstić information content (AvgIpc) is 3.32. The van der Waals surface area contributed by atoms with Gasteiger partial charge in [0, 0.05) is 48.9 Å². The zero-order valence-electron chi connectivity index (χ0n) is 18.5. The highest BCUT2D eigenvalue weighted by Crippen LogP contribution is 2.34. The van der Waals surface area contributed by atoms with Gasteiger partial charge < -0.3 is 15.5 Å². The molecule has 2 N–H and O–H groups in total. The molecule has 1 aliphatic carbocycles. The Hall–Kier alpha value is -2.96. The molecule has 5 rings (SSSR count). The highest BCUT2D eigenvalue weighted by Gasteiger charge is 2.34. The number of hydrogen-bond acceptors (Lipinski definition) is 5. The number of amides is 2. The van der Waals surface area contributed by atoms with Gasteiger partial charge in [-0.05, 0) is 44.9 Å². The first-order valence-corrected chi connectivity index (χ1v) is 11.9. The van der Waals surface area contributed by atoms with E-state index in [1.54, 1.807) is 0 Å². The van der Waals surface area contributed by atoms with Gasteiger partial charge in [0.1, 0.15) is 5.82 Å². The summed E-state index contributed by atoms with van der Waals surface area (Å²) in [4.78, 5) is 38.9. The number of carbonyl (C=O) groups is 2. The first-order chi connectivity index (χ1) is 15.6. The van der Waals surface area contributed by atoms with Gasteiger partial charge in [0.2, 0.25) is 11.8 Å². The minimum atomic E-state index is -0.243. The summed E-state index contributed by atoms with van der Waals surface area (Å²) in [5.41, 5.74) is 8.91. The molecule has 2 saturated heterocycles. The number of carbonyl (C=O) groups excluding carboxylic acids is 2. The van der Waals surface area contributed by atoms with Gasteiger partial charge in [0.25, 0.3) is 0 Å². The third kappa shape index (κ3) is 4.08. The number of nitrogens with zero attached hydrogens (tertiary/aromatic N) is 4. The fraction of sp³-hybridized carbons (Fsp3) is 0.520. The van der Waals surface area contributed by atoms with Crippen molar-refractivity contribution in [3.05, 3.63) is 41.6 Å². The van der Waals surface area contributed by atoms with E-state index < -0.39 is 0 Å². The smallest absolute Gasteiger partial charge is 0.227 e. The van der Waals surface area contributed by atoms with E-state index in [1.165, 1.54) is 5.56 Å². The number of likely N-dealkylation sites (tertiary alicyclic amines) is 1. The molecular weight excluding hydrogens is 402 g/mol. The second-order valence-corrected chi connectivity index (χ2v) is 9.30. The van der Waals surface area contributed by atoms with Gasteiger partial charge in [-0.15, -0.1) is 0 Å². The molecule has 7 heteroatoms. The van der Waals surface area contributed by atoms with Gasteiger partial charge >= 0.3 is 0 Å². The van der Waals surface area contributed by atoms with E-state index >= 15 is 0 Å². The topological polar surface area (TPSA) is 92.4 Å². The SMILES string of the molecule is NC(=O)C1CCN(C(=O)[C@@H]2CCCN(c3nc(-c4ccccc4)nc4c3CCC4)C2)CC1. The van der Waals surface area contributed by atoms with Crippen LogP contribution in [0.3, 0.4) is 0 Å². The molecular formula is C25H31N5O2. The maximum absolute atomic E-state index is 13.3. The molecule has 0 spiro atoms. The molecule has 1 aromatic heterocycles. The Labute approximate surface area is 189 Å². The number of aromatic nitrogens is 2. The molecule has 0 unspecified atom stereocenters. The van der Waals surface area contributed by atoms with E-state index in [0.29, 0.717) is 32.5 Å². The molecule has 3 heterocycles. The number of anilines is 1. The molecule has 7 nitrogen and oxygen atoms in total. The van der Waals surface area contributed by atoms with E-state index in [2.05, 4.69) is 17.0 Å². The highest BCUT2D eigenvalue weighted by atomic mass is 16.2. The van der Waals surface area contributed by atoms with Crippen LogP contribution >= 0.6 is 0 Å². The predicted octanol–water partition coefficient (Wildman–Crippen LogP) is 2.57. The third-order valence-electron chi connectivity index (χ3n) is 7.22. The summed E-state index contributed by atoms with van der Waals surface area (Å²) in [5.74, 6) is 1.65. The largest absolute Gasteiger partial charge is 0.369 e. The molecule has 1 aromatic carbocycles. The Morgan fingerprint density at radius 3 is 2.44 bits per heavy atom. The molecule has 2 fully saturated rings. The Balaban J connectivity index is 1.35. The van der Waals surface area contributed by atoms with Gasteiger partial charge in [0.05, 0.1) is 5.92 Å². The fourth-order valence-electron chi connectivity index (χ4n) is 5.40. The Bertz CT molecular complexity index is 1000. The van der Waals surface area contributed by atoms with Crippen LogP contribution in [0.15, 0.2) is 30.3 Å². The number of fused-ring (bicyclic) bond motifs is 1. The van der Waals surface area contributed by atoms with Crippen molar-refractivity contribution < 1.29 is 9.59 Å². The zero-order chi connectivity index (χ0) is 22.1. The molecule has 0 saturated carbocycles. The van der Waals surface area contributed by atoms with Crippen LogP contribution in [0, 0.1) is 11.8 Å². The molecule has 2 aromatic rings. The van der Waals surface area contributed by atoms with Crippen LogP contribution in [0.2, 0.25) is 0 Å². The maximum Gasteiger partial charge on any atom is 0.227 e. The van der Waals surface area contributed by atoms with Crippen LogP contribution < -0.4 is 10.6 Å². The fourth-order valence-corrected chi connectivity index (χ4v) is 5.40. The van der Waals surface area contributed by atoms with E-state index in [1.807, 2.05) is 23.1 Å². The Morgan fingerprint density at radius 2 is 1.69 bits per heavy atom. The number of rotatable bonds is 4. The Kier molecular flexibility index (Phi) is 5.81. The van der Waals surface area contributed by atoms with Gasteiger partial charge in [-0.3, -0.25) is 9.59 Å². The summed E-state index contributed by atoms with van der Waals surface area (Å²) >= 11 is 0. The minimum Gasteiger partial charge on any atom is -0.369 e. The molecule has 168 valence electrons. The average molecular weight is 434 g/mol. The summed E-state index contributed by atoms with van der Waals surface area (Å²) in [6.45, 7) is 2.88. The molecule has 2 amide bonds. The number of primary amides is 1. The molecule has 0 radical (unpaired) electrons. The van der Waals surface area contributed by atoms with Crippen molar-refractivity contribution in [2.24, 2.45) is 17.6 Å². The molecule has 2 aliphatic heterocycles. The van der Waals surface area contributed by atoms with Crippen molar-refractivity contribution in [3.8, 4) is 11.4 Å². The summed E-state index contributed by atoms with van der Waals surface area (Å²) in [6.07, 6.45) is 6.36. The van der Waals surface area contributed by atoms with Crippen LogP contribution in [0.4, 0.5) is 5.82 Å². The van der Waals surface area contributed by atoms with Crippen LogP contribution in [0.25, 0.3) is 11.4 Å². The number of hydrogen-bond donors (Lipinski definition) is 1. The zero-order valence-corrected chi connectivity index (χ0v) is 18.5. The quantitative estimate of drug-likeness (QED) is 0.800. The summed E-state index contributed by atoms with van der Waals surface area (Å²) < 4.78 is 0. The van der Waals surface area contributed by atoms with E-state index in [0.717, 1.165) is 61.5 Å². The maximum atomic E-state index is 13.3. The van der Waals surface area contributed by atoms with Gasteiger partial charge in [-0.1, -0.05) is 30.3 Å². The monoisotopic (exact) mass is 433 g/mol. The van der Waals surface area contributed by atoms with Gasteiger partial charge in [-0.2, -0.15) is 0 Å². The summed E-state index contributed by atoms with van der Waals surface area (Å²) in [6, 6.07) is 10.1. The first kappa shape index (κ1) is 20.9. The van der Waals surface area contributed by atoms with Crippen LogP contribution in [0.5, 0.6) is 0 Å². The lowest BCUT2D eigenvalue weighted by atomic mass is 9.92. The molecule has 32 heavy (non-hydrogen) atoms. The minimum absolute atomic E-state index is 0.0268. The third-order valence-corrected chi connectivity index (χ3v) is 7.22. The van der Waals surface area contributed by atoms with Crippen LogP contribution in [0.1, 0.15) is 43.4 Å². The Morgan fingerprint density at radius 1 is 0.906 bits per heavy atom. The second-order valence-electron chi connectivity index (χ2n) is 9.30. The lowest BCUT2D eigenvalue weighted by Crippen LogP contribution is -2.48. The number of aryl methyl sites for hydroxylation is 1. The molecule has 1 atom stereocenters. The normalized spacial score (nSPS) is 21.4. The number of piperidine rings is 2. The molecule has 0 bridgehead atoms.